The first-order valence-corrected chi connectivity index (χ1v) is 8.92. The maximum absolute atomic E-state index is 12.0. The highest BCUT2D eigenvalue weighted by atomic mass is 16.2. The Morgan fingerprint density at radius 1 is 0.852 bits per heavy atom. The van der Waals surface area contributed by atoms with Crippen molar-refractivity contribution < 1.29 is 4.79 Å². The van der Waals surface area contributed by atoms with Crippen LogP contribution in [-0.4, -0.2) is 18.2 Å². The molecule has 0 spiro atoms. The van der Waals surface area contributed by atoms with Gasteiger partial charge in [-0.05, 0) is 42.2 Å². The molecular weight excluding hydrogens is 334 g/mol. The SMILES string of the molecule is C/C(=N/NC(=O)CNc1ccccc1C)c1ccc(-c2ccccc2)cc1. The van der Waals surface area contributed by atoms with Crippen LogP contribution in [0.25, 0.3) is 11.1 Å². The number of hydrogen-bond acceptors (Lipinski definition) is 3. The van der Waals surface area contributed by atoms with Gasteiger partial charge in [0.15, 0.2) is 0 Å². The number of nitrogens with one attached hydrogen (secondary N) is 2. The summed E-state index contributed by atoms with van der Waals surface area (Å²) in [5.74, 6) is -0.182. The van der Waals surface area contributed by atoms with Gasteiger partial charge in [0.1, 0.15) is 0 Å². The molecule has 0 atom stereocenters. The Hall–Kier alpha value is -3.40. The van der Waals surface area contributed by atoms with Crippen molar-refractivity contribution >= 4 is 17.3 Å². The Labute approximate surface area is 159 Å². The van der Waals surface area contributed by atoms with Crippen LogP contribution in [0.1, 0.15) is 18.1 Å². The molecule has 4 nitrogen and oxygen atoms in total. The highest BCUT2D eigenvalue weighted by Crippen LogP contribution is 2.19. The van der Waals surface area contributed by atoms with E-state index < -0.39 is 0 Å². The van der Waals surface area contributed by atoms with E-state index in [0.29, 0.717) is 0 Å². The van der Waals surface area contributed by atoms with Gasteiger partial charge in [0.25, 0.3) is 5.91 Å². The molecule has 0 aliphatic rings. The largest absolute Gasteiger partial charge is 0.376 e. The summed E-state index contributed by atoms with van der Waals surface area (Å²) in [6, 6.07) is 26.2. The van der Waals surface area contributed by atoms with E-state index in [4.69, 9.17) is 0 Å². The summed E-state index contributed by atoms with van der Waals surface area (Å²) in [6.07, 6.45) is 0. The number of aryl methyl sites for hydroxylation is 1. The molecule has 136 valence electrons. The van der Waals surface area contributed by atoms with Crippen LogP contribution >= 0.6 is 0 Å². The van der Waals surface area contributed by atoms with Crippen molar-refractivity contribution in [1.29, 1.82) is 0 Å². The maximum Gasteiger partial charge on any atom is 0.259 e. The fourth-order valence-electron chi connectivity index (χ4n) is 2.73. The number of hydrazone groups is 1. The topological polar surface area (TPSA) is 53.5 Å². The molecule has 0 fully saturated rings. The van der Waals surface area contributed by atoms with Gasteiger partial charge in [-0.3, -0.25) is 4.79 Å². The fraction of sp³-hybridized carbons (Fsp3) is 0.130. The Balaban J connectivity index is 1.57. The zero-order valence-electron chi connectivity index (χ0n) is 15.6. The van der Waals surface area contributed by atoms with Crippen molar-refractivity contribution in [3.05, 3.63) is 90.0 Å². The molecule has 0 aliphatic heterocycles. The Kier molecular flexibility index (Phi) is 6.00. The molecule has 3 aromatic carbocycles. The molecule has 0 saturated heterocycles. The highest BCUT2D eigenvalue weighted by molar-refractivity contribution is 5.99. The third kappa shape index (κ3) is 5.05. The minimum absolute atomic E-state index is 0.175. The third-order valence-corrected chi connectivity index (χ3v) is 4.34. The first-order valence-electron chi connectivity index (χ1n) is 8.92. The minimum atomic E-state index is -0.182. The van der Waals surface area contributed by atoms with Crippen molar-refractivity contribution in [2.24, 2.45) is 5.10 Å². The van der Waals surface area contributed by atoms with E-state index in [0.717, 1.165) is 28.1 Å². The Bertz CT molecular complexity index is 931. The number of hydrogen-bond donors (Lipinski definition) is 2. The predicted molar refractivity (Wildman–Crippen MR) is 112 cm³/mol. The lowest BCUT2D eigenvalue weighted by Gasteiger charge is -2.08. The standard InChI is InChI=1S/C23H23N3O/c1-17-8-6-7-11-22(17)24-16-23(27)26-25-18(2)19-12-14-21(15-13-19)20-9-4-3-5-10-20/h3-15,24H,16H2,1-2H3,(H,26,27)/b25-18-. The van der Waals surface area contributed by atoms with Gasteiger partial charge in [0.05, 0.1) is 12.3 Å². The van der Waals surface area contributed by atoms with Crippen LogP contribution in [-0.2, 0) is 4.79 Å². The van der Waals surface area contributed by atoms with Gasteiger partial charge in [0.2, 0.25) is 0 Å². The van der Waals surface area contributed by atoms with E-state index >= 15 is 0 Å². The number of rotatable bonds is 6. The lowest BCUT2D eigenvalue weighted by Crippen LogP contribution is -2.27. The number of anilines is 1. The number of para-hydroxylation sites is 1. The molecule has 27 heavy (non-hydrogen) atoms. The minimum Gasteiger partial charge on any atom is -0.376 e. The fourth-order valence-corrected chi connectivity index (χ4v) is 2.73. The summed E-state index contributed by atoms with van der Waals surface area (Å²) >= 11 is 0. The van der Waals surface area contributed by atoms with Gasteiger partial charge in [-0.1, -0.05) is 72.8 Å². The average molecular weight is 357 g/mol. The van der Waals surface area contributed by atoms with Crippen molar-refractivity contribution in [2.45, 2.75) is 13.8 Å². The molecular formula is C23H23N3O. The summed E-state index contributed by atoms with van der Waals surface area (Å²) < 4.78 is 0. The van der Waals surface area contributed by atoms with Gasteiger partial charge < -0.3 is 5.32 Å². The van der Waals surface area contributed by atoms with Gasteiger partial charge in [-0.25, -0.2) is 5.43 Å². The summed E-state index contributed by atoms with van der Waals surface area (Å²) in [6.45, 7) is 4.06. The van der Waals surface area contributed by atoms with Crippen molar-refractivity contribution in [1.82, 2.24) is 5.43 Å². The van der Waals surface area contributed by atoms with E-state index in [9.17, 15) is 4.79 Å². The lowest BCUT2D eigenvalue weighted by molar-refractivity contribution is -0.119. The van der Waals surface area contributed by atoms with Crippen LogP contribution in [0.4, 0.5) is 5.69 Å². The number of carbonyl (C=O) groups excluding carboxylic acids is 1. The molecule has 0 unspecified atom stereocenters. The monoisotopic (exact) mass is 357 g/mol. The molecule has 3 aromatic rings. The summed E-state index contributed by atoms with van der Waals surface area (Å²) in [5, 5.41) is 7.33. The predicted octanol–water partition coefficient (Wildman–Crippen LogP) is 4.61. The first kappa shape index (κ1) is 18.4. The molecule has 0 aliphatic carbocycles. The third-order valence-electron chi connectivity index (χ3n) is 4.34. The second-order valence-electron chi connectivity index (χ2n) is 6.34. The number of amides is 1. The van der Waals surface area contributed by atoms with E-state index in [-0.39, 0.29) is 12.5 Å². The molecule has 0 aromatic heterocycles. The number of carbonyl (C=O) groups is 1. The average Bonchev–Trinajstić information content (AvgIpc) is 2.72. The highest BCUT2D eigenvalue weighted by Gasteiger charge is 2.04. The summed E-state index contributed by atoms with van der Waals surface area (Å²) in [4.78, 5) is 12.0. The van der Waals surface area contributed by atoms with Crippen LogP contribution < -0.4 is 10.7 Å². The van der Waals surface area contributed by atoms with E-state index in [1.165, 1.54) is 5.56 Å². The summed E-state index contributed by atoms with van der Waals surface area (Å²) in [7, 11) is 0. The van der Waals surface area contributed by atoms with Gasteiger partial charge in [0, 0.05) is 5.69 Å². The zero-order valence-corrected chi connectivity index (χ0v) is 15.6. The first-order chi connectivity index (χ1) is 13.1. The quantitative estimate of drug-likeness (QED) is 0.500. The van der Waals surface area contributed by atoms with E-state index in [2.05, 4.69) is 40.1 Å². The summed E-state index contributed by atoms with van der Waals surface area (Å²) in [5.41, 5.74) is 8.72. The van der Waals surface area contributed by atoms with Gasteiger partial charge >= 0.3 is 0 Å². The van der Waals surface area contributed by atoms with Crippen LogP contribution in [0.5, 0.6) is 0 Å². The maximum atomic E-state index is 12.0. The van der Waals surface area contributed by atoms with Crippen molar-refractivity contribution in [3.8, 4) is 11.1 Å². The molecule has 0 radical (unpaired) electrons. The van der Waals surface area contributed by atoms with Gasteiger partial charge in [-0.2, -0.15) is 5.10 Å². The second kappa shape index (κ2) is 8.81. The molecule has 2 N–H and O–H groups in total. The normalized spacial score (nSPS) is 11.1. The molecule has 4 heteroatoms. The molecule has 0 bridgehead atoms. The smallest absolute Gasteiger partial charge is 0.259 e. The Morgan fingerprint density at radius 3 is 2.19 bits per heavy atom. The van der Waals surface area contributed by atoms with Crippen LogP contribution in [0.2, 0.25) is 0 Å². The van der Waals surface area contributed by atoms with Crippen molar-refractivity contribution in [2.75, 3.05) is 11.9 Å². The van der Waals surface area contributed by atoms with E-state index in [1.807, 2.05) is 68.4 Å². The number of benzene rings is 3. The molecule has 1 amide bonds. The Morgan fingerprint density at radius 2 is 1.48 bits per heavy atom. The zero-order chi connectivity index (χ0) is 19.1. The van der Waals surface area contributed by atoms with E-state index in [1.54, 1.807) is 0 Å². The van der Waals surface area contributed by atoms with Crippen molar-refractivity contribution in [3.63, 3.8) is 0 Å². The van der Waals surface area contributed by atoms with Gasteiger partial charge in [-0.15, -0.1) is 0 Å². The number of nitrogens with zero attached hydrogens (tertiary/aromatic N) is 1. The van der Waals surface area contributed by atoms with Crippen LogP contribution in [0.15, 0.2) is 84.0 Å². The molecule has 3 rings (SSSR count). The van der Waals surface area contributed by atoms with Crippen LogP contribution in [0, 0.1) is 6.92 Å². The molecule has 0 saturated carbocycles. The van der Waals surface area contributed by atoms with Crippen LogP contribution in [0.3, 0.4) is 0 Å². The molecule has 0 heterocycles. The second-order valence-corrected chi connectivity index (χ2v) is 6.34. The lowest BCUT2D eigenvalue weighted by atomic mass is 10.0.